The molecule has 1 amide bonds. The van der Waals surface area contributed by atoms with Crippen molar-refractivity contribution in [2.75, 3.05) is 32.9 Å². The molecule has 0 saturated carbocycles. The van der Waals surface area contributed by atoms with Gasteiger partial charge in [-0.1, -0.05) is 41.4 Å². The fraction of sp³-hybridized carbons (Fsp3) is 0.280. The van der Waals surface area contributed by atoms with Gasteiger partial charge >= 0.3 is 0 Å². The Bertz CT molecular complexity index is 1130. The molecule has 1 aliphatic heterocycles. The molecule has 0 radical (unpaired) electrons. The third kappa shape index (κ3) is 5.24. The van der Waals surface area contributed by atoms with Crippen LogP contribution in [0.3, 0.4) is 0 Å². The number of anilines is 1. The highest BCUT2D eigenvalue weighted by molar-refractivity contribution is 6.35. The Hall–Kier alpha value is -2.80. The van der Waals surface area contributed by atoms with Gasteiger partial charge in [-0.05, 0) is 56.4 Å². The van der Waals surface area contributed by atoms with E-state index in [0.29, 0.717) is 33.0 Å². The van der Waals surface area contributed by atoms with Crippen molar-refractivity contribution >= 4 is 34.9 Å². The molecule has 1 aliphatic rings. The first-order valence-corrected chi connectivity index (χ1v) is 11.5. The zero-order valence-corrected chi connectivity index (χ0v) is 20.1. The van der Waals surface area contributed by atoms with E-state index in [0.717, 1.165) is 30.6 Å². The average Bonchev–Trinajstić information content (AvgIpc) is 3.30. The monoisotopic (exact) mass is 484 g/mol. The van der Waals surface area contributed by atoms with Gasteiger partial charge in [-0.15, -0.1) is 0 Å². The van der Waals surface area contributed by atoms with Gasteiger partial charge in [0, 0.05) is 52.1 Å². The van der Waals surface area contributed by atoms with Gasteiger partial charge in [-0.3, -0.25) is 4.79 Å². The molecular formula is C25H26Cl2N4O2. The molecule has 2 N–H and O–H groups in total. The topological polar surface area (TPSA) is 71.7 Å². The van der Waals surface area contributed by atoms with Crippen LogP contribution in [-0.2, 0) is 6.61 Å². The summed E-state index contributed by atoms with van der Waals surface area (Å²) in [6.45, 7) is 1.71. The van der Waals surface area contributed by atoms with Crippen LogP contribution in [0.15, 0.2) is 54.7 Å². The number of nitrogens with zero attached hydrogens (tertiary/aromatic N) is 3. The number of benzene rings is 2. The summed E-state index contributed by atoms with van der Waals surface area (Å²) in [5, 5.41) is 1.06. The van der Waals surface area contributed by atoms with Crippen LogP contribution in [0.4, 0.5) is 5.82 Å². The van der Waals surface area contributed by atoms with E-state index in [1.165, 1.54) is 0 Å². The summed E-state index contributed by atoms with van der Waals surface area (Å²) in [5.41, 5.74) is 9.12. The minimum absolute atomic E-state index is 0.0574. The first-order chi connectivity index (χ1) is 15.8. The summed E-state index contributed by atoms with van der Waals surface area (Å²) in [6.07, 6.45) is 2.68. The number of hydrogen-bond donors (Lipinski definition) is 1. The molecule has 0 bridgehead atoms. The van der Waals surface area contributed by atoms with Crippen molar-refractivity contribution in [2.45, 2.75) is 19.1 Å². The van der Waals surface area contributed by atoms with E-state index in [1.54, 1.807) is 24.4 Å². The number of likely N-dealkylation sites (tertiary alicyclic amines) is 1. The van der Waals surface area contributed by atoms with Crippen LogP contribution in [0.1, 0.15) is 22.3 Å². The number of aromatic nitrogens is 1. The lowest BCUT2D eigenvalue weighted by atomic mass is 10.0. The predicted octanol–water partition coefficient (Wildman–Crippen LogP) is 4.99. The highest BCUT2D eigenvalue weighted by atomic mass is 35.5. The number of halogens is 2. The number of ether oxygens (including phenoxy) is 1. The maximum absolute atomic E-state index is 12.9. The van der Waals surface area contributed by atoms with Crippen molar-refractivity contribution < 1.29 is 9.53 Å². The van der Waals surface area contributed by atoms with E-state index in [9.17, 15) is 4.79 Å². The molecular weight excluding hydrogens is 459 g/mol. The van der Waals surface area contributed by atoms with Crippen LogP contribution >= 0.6 is 23.2 Å². The van der Waals surface area contributed by atoms with Gasteiger partial charge in [0.25, 0.3) is 5.91 Å². The zero-order valence-electron chi connectivity index (χ0n) is 18.6. The molecule has 0 aliphatic carbocycles. The summed E-state index contributed by atoms with van der Waals surface area (Å²) < 4.78 is 5.88. The Morgan fingerprint density at radius 2 is 1.85 bits per heavy atom. The normalized spacial score (nSPS) is 15.8. The van der Waals surface area contributed by atoms with Gasteiger partial charge in [0.2, 0.25) is 0 Å². The third-order valence-electron chi connectivity index (χ3n) is 5.96. The van der Waals surface area contributed by atoms with E-state index in [2.05, 4.69) is 24.0 Å². The molecule has 1 aromatic heterocycles. The third-order valence-corrected chi connectivity index (χ3v) is 6.67. The van der Waals surface area contributed by atoms with Crippen molar-refractivity contribution in [3.63, 3.8) is 0 Å². The first kappa shape index (κ1) is 23.4. The van der Waals surface area contributed by atoms with Crippen molar-refractivity contribution in [3.8, 4) is 16.9 Å². The number of pyridine rings is 1. The SMILES string of the molecule is CN(C)[C@@H]1CCN(C(=O)c2ccc(-c3cnc(N)c(OCc4c(Cl)cccc4Cl)c3)cc2)C1. The fourth-order valence-corrected chi connectivity index (χ4v) is 4.39. The molecule has 172 valence electrons. The summed E-state index contributed by atoms with van der Waals surface area (Å²) in [5.74, 6) is 0.774. The van der Waals surface area contributed by atoms with E-state index < -0.39 is 0 Å². The van der Waals surface area contributed by atoms with Crippen molar-refractivity contribution in [2.24, 2.45) is 0 Å². The minimum Gasteiger partial charge on any atom is -0.485 e. The van der Waals surface area contributed by atoms with Gasteiger partial charge < -0.3 is 20.3 Å². The first-order valence-electron chi connectivity index (χ1n) is 10.7. The number of likely N-dealkylation sites (N-methyl/N-ethyl adjacent to an activating group) is 1. The molecule has 0 unspecified atom stereocenters. The Morgan fingerprint density at radius 1 is 1.15 bits per heavy atom. The molecule has 0 spiro atoms. The maximum atomic E-state index is 12.9. The zero-order chi connectivity index (χ0) is 23.5. The van der Waals surface area contributed by atoms with Gasteiger partial charge in [0.1, 0.15) is 6.61 Å². The van der Waals surface area contributed by atoms with Crippen LogP contribution < -0.4 is 10.5 Å². The second kappa shape index (κ2) is 10.00. The van der Waals surface area contributed by atoms with Crippen LogP contribution in [0.25, 0.3) is 11.1 Å². The molecule has 33 heavy (non-hydrogen) atoms. The number of carbonyl (C=O) groups is 1. The van der Waals surface area contributed by atoms with Crippen molar-refractivity contribution in [1.29, 1.82) is 0 Å². The minimum atomic E-state index is 0.0574. The van der Waals surface area contributed by atoms with E-state index >= 15 is 0 Å². The second-order valence-corrected chi connectivity index (χ2v) is 9.15. The van der Waals surface area contributed by atoms with Gasteiger partial charge in [0.15, 0.2) is 11.6 Å². The molecule has 2 aromatic carbocycles. The molecule has 1 saturated heterocycles. The lowest BCUT2D eigenvalue weighted by Gasteiger charge is -2.20. The fourth-order valence-electron chi connectivity index (χ4n) is 3.88. The summed E-state index contributed by atoms with van der Waals surface area (Å²) in [6, 6.07) is 15.1. The van der Waals surface area contributed by atoms with E-state index in [-0.39, 0.29) is 18.3 Å². The second-order valence-electron chi connectivity index (χ2n) is 8.33. The lowest BCUT2D eigenvalue weighted by molar-refractivity contribution is 0.0783. The summed E-state index contributed by atoms with van der Waals surface area (Å²) >= 11 is 12.5. The lowest BCUT2D eigenvalue weighted by Crippen LogP contribution is -2.34. The van der Waals surface area contributed by atoms with E-state index in [4.69, 9.17) is 33.7 Å². The molecule has 1 atom stereocenters. The Labute approximate surface area is 203 Å². The highest BCUT2D eigenvalue weighted by Crippen LogP contribution is 2.30. The summed E-state index contributed by atoms with van der Waals surface area (Å²) in [4.78, 5) is 21.2. The maximum Gasteiger partial charge on any atom is 0.253 e. The van der Waals surface area contributed by atoms with Crippen LogP contribution in [0.5, 0.6) is 5.75 Å². The molecule has 2 heterocycles. The predicted molar refractivity (Wildman–Crippen MR) is 133 cm³/mol. The van der Waals surface area contributed by atoms with E-state index in [1.807, 2.05) is 35.2 Å². The standard InChI is InChI=1S/C25H26Cl2N4O2/c1-30(2)19-10-11-31(14-19)25(32)17-8-6-16(7-9-17)18-12-23(24(28)29-13-18)33-15-20-21(26)4-3-5-22(20)27/h3-9,12-13,19H,10-11,14-15H2,1-2H3,(H2,28,29)/t19-/m1/s1. The van der Waals surface area contributed by atoms with Crippen molar-refractivity contribution in [1.82, 2.24) is 14.8 Å². The quantitative estimate of drug-likeness (QED) is 0.533. The van der Waals surface area contributed by atoms with Crippen LogP contribution in [-0.4, -0.2) is 53.9 Å². The Balaban J connectivity index is 1.48. The number of nitrogen functional groups attached to an aromatic ring is 1. The smallest absolute Gasteiger partial charge is 0.253 e. The average molecular weight is 485 g/mol. The molecule has 6 nitrogen and oxygen atoms in total. The van der Waals surface area contributed by atoms with Crippen molar-refractivity contribution in [3.05, 3.63) is 75.9 Å². The Kier molecular flexibility index (Phi) is 7.08. The number of carbonyl (C=O) groups excluding carboxylic acids is 1. The Morgan fingerprint density at radius 3 is 2.48 bits per heavy atom. The van der Waals surface area contributed by atoms with Gasteiger partial charge in [-0.25, -0.2) is 4.98 Å². The number of amides is 1. The van der Waals surface area contributed by atoms with Crippen LogP contribution in [0.2, 0.25) is 10.0 Å². The number of nitrogens with two attached hydrogens (primary N) is 1. The van der Waals surface area contributed by atoms with Crippen LogP contribution in [0, 0.1) is 0 Å². The summed E-state index contributed by atoms with van der Waals surface area (Å²) in [7, 11) is 4.10. The van der Waals surface area contributed by atoms with Gasteiger partial charge in [-0.2, -0.15) is 0 Å². The molecule has 1 fully saturated rings. The highest BCUT2D eigenvalue weighted by Gasteiger charge is 2.28. The number of rotatable bonds is 6. The van der Waals surface area contributed by atoms with Gasteiger partial charge in [0.05, 0.1) is 0 Å². The number of hydrogen-bond acceptors (Lipinski definition) is 5. The molecule has 8 heteroatoms. The molecule has 4 rings (SSSR count). The largest absolute Gasteiger partial charge is 0.485 e. The molecule has 3 aromatic rings.